The second-order valence-corrected chi connectivity index (χ2v) is 8.85. The summed E-state index contributed by atoms with van der Waals surface area (Å²) in [4.78, 5) is 21.5. The van der Waals surface area contributed by atoms with Crippen molar-refractivity contribution in [3.63, 3.8) is 0 Å². The van der Waals surface area contributed by atoms with Gasteiger partial charge in [0, 0.05) is 25.9 Å². The molecule has 0 radical (unpaired) electrons. The Labute approximate surface area is 197 Å². The molecular formula is C22H26F3N5O3S. The molecule has 0 N–H and O–H groups in total. The monoisotopic (exact) mass is 497 g/mol. The van der Waals surface area contributed by atoms with Crippen LogP contribution in [0.5, 0.6) is 5.75 Å². The number of pyridine rings is 2. The summed E-state index contributed by atoms with van der Waals surface area (Å²) in [6.45, 7) is 8.37. The van der Waals surface area contributed by atoms with Gasteiger partial charge in [-0.2, -0.15) is 18.4 Å². The zero-order valence-corrected chi connectivity index (χ0v) is 20.8. The Morgan fingerprint density at radius 2 is 1.85 bits per heavy atom. The van der Waals surface area contributed by atoms with Crippen molar-refractivity contribution in [2.24, 2.45) is 7.05 Å². The lowest BCUT2D eigenvalue weighted by atomic mass is 10.2. The summed E-state index contributed by atoms with van der Waals surface area (Å²) in [7, 11) is -0.105. The number of hydrogen-bond acceptors (Lipinski definition) is 6. The highest BCUT2D eigenvalue weighted by molar-refractivity contribution is 7.84. The summed E-state index contributed by atoms with van der Waals surface area (Å²) in [5, 5.41) is 9.15. The van der Waals surface area contributed by atoms with E-state index in [9.17, 15) is 22.2 Å². The van der Waals surface area contributed by atoms with Gasteiger partial charge >= 0.3 is 6.18 Å². The van der Waals surface area contributed by atoms with Crippen LogP contribution < -0.4 is 10.3 Å². The first-order valence-corrected chi connectivity index (χ1v) is 12.0. The van der Waals surface area contributed by atoms with Crippen LogP contribution in [0.3, 0.4) is 0 Å². The molecule has 12 heteroatoms. The van der Waals surface area contributed by atoms with Gasteiger partial charge in [-0.1, -0.05) is 13.8 Å². The van der Waals surface area contributed by atoms with Crippen LogP contribution in [0, 0.1) is 11.3 Å². The fourth-order valence-corrected chi connectivity index (χ4v) is 3.96. The third-order valence-corrected chi connectivity index (χ3v) is 5.66. The van der Waals surface area contributed by atoms with Crippen molar-refractivity contribution in [1.82, 2.24) is 19.1 Å². The van der Waals surface area contributed by atoms with Gasteiger partial charge in [0.15, 0.2) is 11.4 Å². The van der Waals surface area contributed by atoms with Crippen molar-refractivity contribution in [2.45, 2.75) is 57.8 Å². The minimum absolute atomic E-state index is 0.0320. The van der Waals surface area contributed by atoms with E-state index >= 15 is 0 Å². The van der Waals surface area contributed by atoms with E-state index in [0.29, 0.717) is 4.57 Å². The van der Waals surface area contributed by atoms with E-state index in [-0.39, 0.29) is 39.7 Å². The number of ether oxygens (including phenoxy) is 1. The minimum Gasteiger partial charge on any atom is -0.471 e. The van der Waals surface area contributed by atoms with Crippen LogP contribution in [0.2, 0.25) is 0 Å². The molecule has 34 heavy (non-hydrogen) atoms. The molecule has 0 aliphatic carbocycles. The molecular weight excluding hydrogens is 471 g/mol. The molecule has 0 saturated heterocycles. The largest absolute Gasteiger partial charge is 0.471 e. The summed E-state index contributed by atoms with van der Waals surface area (Å²) in [5.41, 5.74) is -3.15. The fraction of sp³-hybridized carbons (Fsp3) is 0.455. The summed E-state index contributed by atoms with van der Waals surface area (Å²) in [6.07, 6.45) is -2.04. The predicted octanol–water partition coefficient (Wildman–Crippen LogP) is 4.28. The number of halogens is 3. The van der Waals surface area contributed by atoms with E-state index in [1.165, 1.54) is 37.1 Å². The first-order valence-electron chi connectivity index (χ1n) is 10.4. The SMILES string of the molecule is CC.CCn1c(C(F)(F)F)cc2nc(-c3ncc(OC(C)(C)C#N)cc3S(C)=O)n(C)c2c1=O. The normalized spacial score (nSPS) is 12.6. The molecule has 184 valence electrons. The Balaban J connectivity index is 0.00000199. The Kier molecular flexibility index (Phi) is 7.93. The van der Waals surface area contributed by atoms with E-state index < -0.39 is 33.8 Å². The highest BCUT2D eigenvalue weighted by Crippen LogP contribution is 2.33. The Morgan fingerprint density at radius 3 is 2.35 bits per heavy atom. The molecule has 3 rings (SSSR count). The quantitative estimate of drug-likeness (QED) is 0.521. The lowest BCUT2D eigenvalue weighted by molar-refractivity contribution is -0.144. The Hall–Kier alpha value is -3.20. The number of fused-ring (bicyclic) bond motifs is 1. The number of nitriles is 1. The lowest BCUT2D eigenvalue weighted by Crippen LogP contribution is -2.28. The second-order valence-electron chi connectivity index (χ2n) is 7.50. The molecule has 0 fully saturated rings. The average molecular weight is 498 g/mol. The van der Waals surface area contributed by atoms with Gasteiger partial charge in [0.05, 0.1) is 27.4 Å². The molecule has 8 nitrogen and oxygen atoms in total. The molecule has 0 bridgehead atoms. The topological polar surface area (TPSA) is 103 Å². The van der Waals surface area contributed by atoms with Gasteiger partial charge in [0.2, 0.25) is 0 Å². The third-order valence-electron chi connectivity index (χ3n) is 4.73. The van der Waals surface area contributed by atoms with Gasteiger partial charge in [-0.05, 0) is 26.8 Å². The molecule has 0 amide bonds. The molecule has 0 aromatic carbocycles. The summed E-state index contributed by atoms with van der Waals surface area (Å²) in [5.74, 6) is 0.271. The van der Waals surface area contributed by atoms with Crippen LogP contribution in [-0.4, -0.2) is 35.2 Å². The van der Waals surface area contributed by atoms with E-state index in [1.807, 2.05) is 19.9 Å². The molecule has 3 aromatic heterocycles. The molecule has 0 aliphatic heterocycles. The Morgan fingerprint density at radius 1 is 1.24 bits per heavy atom. The van der Waals surface area contributed by atoms with Crippen molar-refractivity contribution >= 4 is 21.8 Å². The maximum absolute atomic E-state index is 13.5. The first kappa shape index (κ1) is 27.0. The molecule has 0 aliphatic rings. The fourth-order valence-electron chi connectivity index (χ4n) is 3.27. The third kappa shape index (κ3) is 5.14. The van der Waals surface area contributed by atoms with Crippen LogP contribution >= 0.6 is 0 Å². The number of rotatable bonds is 5. The zero-order chi connectivity index (χ0) is 26.0. The average Bonchev–Trinajstić information content (AvgIpc) is 3.10. The zero-order valence-electron chi connectivity index (χ0n) is 19.9. The van der Waals surface area contributed by atoms with Crippen molar-refractivity contribution in [3.05, 3.63) is 34.4 Å². The smallest absolute Gasteiger partial charge is 0.431 e. The van der Waals surface area contributed by atoms with E-state index in [0.717, 1.165) is 6.07 Å². The second kappa shape index (κ2) is 9.97. The summed E-state index contributed by atoms with van der Waals surface area (Å²) in [6, 6.07) is 4.23. The molecule has 3 aromatic rings. The lowest BCUT2D eigenvalue weighted by Gasteiger charge is -2.18. The van der Waals surface area contributed by atoms with Crippen LogP contribution in [0.25, 0.3) is 22.6 Å². The van der Waals surface area contributed by atoms with Crippen molar-refractivity contribution < 1.29 is 22.1 Å². The molecule has 0 spiro atoms. The van der Waals surface area contributed by atoms with Crippen molar-refractivity contribution in [2.75, 3.05) is 6.26 Å². The van der Waals surface area contributed by atoms with Gasteiger partial charge in [0.1, 0.15) is 28.7 Å². The maximum atomic E-state index is 13.5. The number of aryl methyl sites for hydroxylation is 1. The maximum Gasteiger partial charge on any atom is 0.431 e. The van der Waals surface area contributed by atoms with Crippen LogP contribution in [0.1, 0.15) is 40.3 Å². The molecule has 0 saturated carbocycles. The van der Waals surface area contributed by atoms with Gasteiger partial charge in [-0.25, -0.2) is 9.97 Å². The number of alkyl halides is 3. The van der Waals surface area contributed by atoms with Crippen molar-refractivity contribution in [1.29, 1.82) is 5.26 Å². The predicted molar refractivity (Wildman–Crippen MR) is 123 cm³/mol. The van der Waals surface area contributed by atoms with Crippen molar-refractivity contribution in [3.8, 4) is 23.3 Å². The van der Waals surface area contributed by atoms with E-state index in [2.05, 4.69) is 9.97 Å². The van der Waals surface area contributed by atoms with Gasteiger partial charge in [-0.3, -0.25) is 9.00 Å². The summed E-state index contributed by atoms with van der Waals surface area (Å²) >= 11 is 0. The highest BCUT2D eigenvalue weighted by atomic mass is 32.2. The molecule has 3 heterocycles. The van der Waals surface area contributed by atoms with Gasteiger partial charge < -0.3 is 13.9 Å². The molecule has 1 unspecified atom stereocenters. The standard InChI is InChI=1S/C20H20F3N5O3S.C2H6/c1-6-28-14(20(21,22)23)8-12-16(18(28)29)27(4)17(26-12)15-13(32(5)30)7-11(9-25-15)31-19(2,3)10-24;1-2/h7-9H,6H2,1-5H3;1-2H3. The minimum atomic E-state index is -4.73. The Bertz CT molecular complexity index is 1340. The van der Waals surface area contributed by atoms with Crippen LogP contribution in [0.15, 0.2) is 28.0 Å². The van der Waals surface area contributed by atoms with Gasteiger partial charge in [-0.15, -0.1) is 0 Å². The number of imidazole rings is 1. The van der Waals surface area contributed by atoms with E-state index in [1.54, 1.807) is 13.8 Å². The van der Waals surface area contributed by atoms with Crippen LogP contribution in [-0.2, 0) is 30.6 Å². The van der Waals surface area contributed by atoms with Gasteiger partial charge in [0.25, 0.3) is 5.56 Å². The highest BCUT2D eigenvalue weighted by Gasteiger charge is 2.36. The summed E-state index contributed by atoms with van der Waals surface area (Å²) < 4.78 is 60.3. The van der Waals surface area contributed by atoms with Crippen LogP contribution in [0.4, 0.5) is 13.2 Å². The first-order chi connectivity index (χ1) is 15.8. The molecule has 1 atom stereocenters. The number of hydrogen-bond donors (Lipinski definition) is 0. The van der Waals surface area contributed by atoms with E-state index in [4.69, 9.17) is 10.00 Å². The number of aromatic nitrogens is 4. The number of nitrogens with zero attached hydrogens (tertiary/aromatic N) is 5.